The maximum atomic E-state index is 13.2. The van der Waals surface area contributed by atoms with Crippen molar-refractivity contribution in [2.75, 3.05) is 44.9 Å². The first-order valence-corrected chi connectivity index (χ1v) is 9.89. The fourth-order valence-electron chi connectivity index (χ4n) is 3.59. The van der Waals surface area contributed by atoms with Gasteiger partial charge in [-0.2, -0.15) is 0 Å². The van der Waals surface area contributed by atoms with E-state index in [1.165, 1.54) is 4.90 Å². The first-order chi connectivity index (χ1) is 14.6. The summed E-state index contributed by atoms with van der Waals surface area (Å²) in [6, 6.07) is 12.8. The Morgan fingerprint density at radius 1 is 1.17 bits per heavy atom. The fourth-order valence-corrected chi connectivity index (χ4v) is 3.75. The highest BCUT2D eigenvalue weighted by atomic mass is 35.5. The van der Waals surface area contributed by atoms with Gasteiger partial charge in [-0.15, -0.1) is 0 Å². The van der Waals surface area contributed by atoms with Gasteiger partial charge in [-0.25, -0.2) is 14.7 Å². The van der Waals surface area contributed by atoms with E-state index in [4.69, 9.17) is 21.3 Å². The first kappa shape index (κ1) is 20.2. The monoisotopic (exact) mass is 428 g/mol. The number of likely N-dealkylation sites (N-methyl/N-ethyl adjacent to an activating group) is 1. The molecule has 4 rings (SSSR count). The third-order valence-corrected chi connectivity index (χ3v) is 5.31. The number of nitrogens with zero attached hydrogens (tertiary/aromatic N) is 4. The molecule has 1 saturated heterocycles. The van der Waals surface area contributed by atoms with Crippen molar-refractivity contribution in [3.8, 4) is 0 Å². The lowest BCUT2D eigenvalue weighted by molar-refractivity contribution is -0.136. The molecule has 156 valence electrons. The Labute approximate surface area is 178 Å². The number of rotatable bonds is 4. The lowest BCUT2D eigenvalue weighted by atomic mass is 10.2. The van der Waals surface area contributed by atoms with Crippen LogP contribution < -0.4 is 15.5 Å². The average Bonchev–Trinajstić information content (AvgIpc) is 2.89. The van der Waals surface area contributed by atoms with Crippen molar-refractivity contribution in [3.63, 3.8) is 0 Å². The van der Waals surface area contributed by atoms with Gasteiger partial charge in [0.15, 0.2) is 0 Å². The van der Waals surface area contributed by atoms with Crippen molar-refractivity contribution in [1.29, 1.82) is 0 Å². The Morgan fingerprint density at radius 3 is 2.70 bits per heavy atom. The number of hydrogen-bond donors (Lipinski definition) is 0. The van der Waals surface area contributed by atoms with Crippen molar-refractivity contribution in [2.45, 2.75) is 0 Å². The number of carbonyl (C=O) groups excluding carboxylic acids is 2. The molecule has 1 amide bonds. The van der Waals surface area contributed by atoms with E-state index >= 15 is 0 Å². The van der Waals surface area contributed by atoms with Crippen LogP contribution in [0.1, 0.15) is 0 Å². The molecule has 0 atom stereocenters. The summed E-state index contributed by atoms with van der Waals surface area (Å²) in [5, 5.41) is 2.02. The summed E-state index contributed by atoms with van der Waals surface area (Å²) in [6.07, 6.45) is -0.679. The second kappa shape index (κ2) is 8.73. The number of hydrogen-bond acceptors (Lipinski definition) is 7. The van der Waals surface area contributed by atoms with Gasteiger partial charge in [-0.05, 0) is 37.4 Å². The molecule has 0 bridgehead atoms. The Hall–Kier alpha value is -3.10. The van der Waals surface area contributed by atoms with Crippen LogP contribution in [0, 0.1) is 0 Å². The average molecular weight is 429 g/mol. The van der Waals surface area contributed by atoms with E-state index in [0.717, 1.165) is 36.8 Å². The molecule has 30 heavy (non-hydrogen) atoms. The smallest absolute Gasteiger partial charge is 0.423 e. The summed E-state index contributed by atoms with van der Waals surface area (Å²) in [7, 11) is 2.07. The van der Waals surface area contributed by atoms with Gasteiger partial charge in [0.25, 0.3) is 6.47 Å². The largest absolute Gasteiger partial charge is 0.430 e. The highest BCUT2D eigenvalue weighted by Crippen LogP contribution is 2.36. The van der Waals surface area contributed by atoms with Crippen LogP contribution in [0.5, 0.6) is 0 Å². The van der Waals surface area contributed by atoms with Crippen LogP contribution in [-0.2, 0) is 14.3 Å². The molecular formula is C21H21ClN4O4. The van der Waals surface area contributed by atoms with E-state index in [-0.39, 0.29) is 6.47 Å². The molecule has 8 nitrogen and oxygen atoms in total. The predicted octanol–water partition coefficient (Wildman–Crippen LogP) is 1.69. The van der Waals surface area contributed by atoms with E-state index in [1.807, 2.05) is 24.3 Å². The number of anilines is 1. The molecule has 0 aliphatic carbocycles. The third-order valence-electron chi connectivity index (χ3n) is 5.08. The zero-order valence-corrected chi connectivity index (χ0v) is 17.2. The summed E-state index contributed by atoms with van der Waals surface area (Å²) < 4.78 is 9.80. The number of piperazine rings is 1. The van der Waals surface area contributed by atoms with Crippen molar-refractivity contribution in [1.82, 2.24) is 9.80 Å². The highest BCUT2D eigenvalue weighted by Gasteiger charge is 2.32. The Bertz CT molecular complexity index is 1080. The minimum absolute atomic E-state index is 0.232. The summed E-state index contributed by atoms with van der Waals surface area (Å²) in [6.45, 7) is 2.90. The van der Waals surface area contributed by atoms with Crippen LogP contribution in [0.4, 0.5) is 16.2 Å². The lowest BCUT2D eigenvalue weighted by Crippen LogP contribution is -2.51. The number of ether oxygens (including phenoxy) is 2. The Balaban J connectivity index is 1.92. The van der Waals surface area contributed by atoms with E-state index < -0.39 is 12.9 Å². The van der Waals surface area contributed by atoms with Gasteiger partial charge in [0.1, 0.15) is 5.82 Å². The quantitative estimate of drug-likeness (QED) is 0.419. The zero-order chi connectivity index (χ0) is 21.1. The molecule has 2 aliphatic heterocycles. The maximum absolute atomic E-state index is 13.2. The topological polar surface area (TPSA) is 74.7 Å². The van der Waals surface area contributed by atoms with Crippen LogP contribution in [0.15, 0.2) is 47.5 Å². The summed E-state index contributed by atoms with van der Waals surface area (Å²) >= 11 is 6.27. The van der Waals surface area contributed by atoms with Gasteiger partial charge in [0.2, 0.25) is 6.79 Å². The minimum Gasteiger partial charge on any atom is -0.430 e. The molecule has 0 aromatic heterocycles. The van der Waals surface area contributed by atoms with Crippen LogP contribution in [-0.4, -0.2) is 62.4 Å². The van der Waals surface area contributed by atoms with E-state index in [0.29, 0.717) is 22.2 Å². The van der Waals surface area contributed by atoms with Gasteiger partial charge in [0.05, 0.1) is 16.7 Å². The molecule has 0 spiro atoms. The standard InChI is InChI=1S/C21H21ClN4O4/c1-24-8-10-25(11-9-24)20-16-4-2-3-5-17(16)23-18-7-6-15(22)12-19(18)26(20)21(28)30-14-29-13-27/h2-7,12-13H,8-11,14H2,1H3. The summed E-state index contributed by atoms with van der Waals surface area (Å²) in [4.78, 5) is 34.3. The van der Waals surface area contributed by atoms with E-state index in [1.54, 1.807) is 18.2 Å². The molecule has 0 radical (unpaired) electrons. The van der Waals surface area contributed by atoms with Gasteiger partial charge in [-0.3, -0.25) is 4.79 Å². The summed E-state index contributed by atoms with van der Waals surface area (Å²) in [5.41, 5.74) is 1.09. The fraction of sp³-hybridized carbons (Fsp3) is 0.286. The number of carbonyl (C=O) groups is 2. The first-order valence-electron chi connectivity index (χ1n) is 9.52. The Kier molecular flexibility index (Phi) is 5.87. The molecule has 2 aliphatic rings. The van der Waals surface area contributed by atoms with Gasteiger partial charge >= 0.3 is 6.09 Å². The normalized spacial score (nSPS) is 16.1. The second-order valence-corrected chi connectivity index (χ2v) is 7.44. The predicted molar refractivity (Wildman–Crippen MR) is 112 cm³/mol. The molecular weight excluding hydrogens is 408 g/mol. The molecule has 1 fully saturated rings. The zero-order valence-electron chi connectivity index (χ0n) is 16.5. The molecule has 2 aromatic carbocycles. The number of para-hydroxylation sites is 1. The molecule has 2 heterocycles. The van der Waals surface area contributed by atoms with Crippen molar-refractivity contribution < 1.29 is 19.1 Å². The maximum Gasteiger partial charge on any atom is 0.423 e. The van der Waals surface area contributed by atoms with Crippen LogP contribution in [0.3, 0.4) is 0 Å². The van der Waals surface area contributed by atoms with Crippen LogP contribution in [0.2, 0.25) is 5.02 Å². The molecule has 9 heteroatoms. The molecule has 0 unspecified atom stereocenters. The number of benzene rings is 2. The summed E-state index contributed by atoms with van der Waals surface area (Å²) in [5.74, 6) is 0.666. The van der Waals surface area contributed by atoms with Crippen LogP contribution >= 0.6 is 11.6 Å². The SMILES string of the molecule is CN1CCN(C2=c3ccccc3=Nc3ccc(Cl)cc3N2C(=O)OCOC=O)CC1. The number of halogens is 1. The highest BCUT2D eigenvalue weighted by molar-refractivity contribution is 6.31. The molecule has 0 saturated carbocycles. The van der Waals surface area contributed by atoms with Crippen molar-refractivity contribution in [2.24, 2.45) is 4.99 Å². The number of amides is 1. The van der Waals surface area contributed by atoms with Crippen LogP contribution in [0.25, 0.3) is 5.82 Å². The molecule has 2 aromatic rings. The lowest BCUT2D eigenvalue weighted by Gasteiger charge is -2.39. The second-order valence-electron chi connectivity index (χ2n) is 7.00. The third kappa shape index (κ3) is 3.96. The molecule has 0 N–H and O–H groups in total. The van der Waals surface area contributed by atoms with Gasteiger partial charge < -0.3 is 19.3 Å². The Morgan fingerprint density at radius 2 is 1.93 bits per heavy atom. The van der Waals surface area contributed by atoms with E-state index in [2.05, 4.69) is 21.6 Å². The minimum atomic E-state index is -0.679. The van der Waals surface area contributed by atoms with Gasteiger partial charge in [-0.1, -0.05) is 23.7 Å². The van der Waals surface area contributed by atoms with E-state index in [9.17, 15) is 9.59 Å². The van der Waals surface area contributed by atoms with Crippen molar-refractivity contribution >= 4 is 41.4 Å². The van der Waals surface area contributed by atoms with Crippen molar-refractivity contribution in [3.05, 3.63) is 58.1 Å². The number of fused-ring (bicyclic) bond motifs is 2. The van der Waals surface area contributed by atoms with Gasteiger partial charge in [0, 0.05) is 36.4 Å².